The van der Waals surface area contributed by atoms with Crippen LogP contribution in [0.2, 0.25) is 0 Å². The van der Waals surface area contributed by atoms with Crippen molar-refractivity contribution in [2.75, 3.05) is 26.7 Å². The Morgan fingerprint density at radius 2 is 1.93 bits per heavy atom. The average molecular weight is 216 g/mol. The molecule has 0 fully saturated rings. The fourth-order valence-corrected chi connectivity index (χ4v) is 1.42. The molecule has 0 aromatic carbocycles. The third-order valence-electron chi connectivity index (χ3n) is 2.78. The van der Waals surface area contributed by atoms with Gasteiger partial charge in [0, 0.05) is 6.54 Å². The van der Waals surface area contributed by atoms with Crippen LogP contribution in [0.15, 0.2) is 0 Å². The summed E-state index contributed by atoms with van der Waals surface area (Å²) in [5, 5.41) is 9.71. The van der Waals surface area contributed by atoms with Crippen LogP contribution in [0.5, 0.6) is 0 Å². The Balaban J connectivity index is 3.50. The highest BCUT2D eigenvalue weighted by atomic mass is 16.3. The van der Waals surface area contributed by atoms with Gasteiger partial charge < -0.3 is 15.7 Å². The molecule has 0 bridgehead atoms. The van der Waals surface area contributed by atoms with Gasteiger partial charge in [-0.15, -0.1) is 0 Å². The molecule has 0 radical (unpaired) electrons. The van der Waals surface area contributed by atoms with Crippen molar-refractivity contribution < 1.29 is 5.11 Å². The lowest BCUT2D eigenvalue weighted by Gasteiger charge is -2.23. The Kier molecular flexibility index (Phi) is 7.14. The molecule has 0 aliphatic heterocycles. The molecular formula is C12H28N2O. The zero-order chi connectivity index (χ0) is 11.9. The first-order valence-electron chi connectivity index (χ1n) is 5.98. The van der Waals surface area contributed by atoms with Gasteiger partial charge in [0.1, 0.15) is 0 Å². The Hall–Kier alpha value is -0.120. The van der Waals surface area contributed by atoms with Crippen LogP contribution in [0.25, 0.3) is 0 Å². The molecule has 0 aliphatic carbocycles. The molecule has 1 atom stereocenters. The molecule has 0 aromatic rings. The molecule has 0 aromatic heterocycles. The van der Waals surface area contributed by atoms with Crippen molar-refractivity contribution in [1.29, 1.82) is 0 Å². The van der Waals surface area contributed by atoms with Gasteiger partial charge in [-0.1, -0.05) is 13.8 Å². The van der Waals surface area contributed by atoms with Crippen LogP contribution < -0.4 is 5.73 Å². The molecule has 0 spiro atoms. The molecule has 3 nitrogen and oxygen atoms in total. The standard InChI is InChI=1S/C12H28N2O/c1-11(2)6-9-14(4)8-5-7-12(3,15)10-13/h11,15H,5-10,13H2,1-4H3. The van der Waals surface area contributed by atoms with E-state index in [0.29, 0.717) is 6.54 Å². The molecule has 92 valence electrons. The van der Waals surface area contributed by atoms with Gasteiger partial charge in [-0.25, -0.2) is 0 Å². The number of hydrogen-bond donors (Lipinski definition) is 2. The largest absolute Gasteiger partial charge is 0.389 e. The van der Waals surface area contributed by atoms with Crippen molar-refractivity contribution in [3.05, 3.63) is 0 Å². The van der Waals surface area contributed by atoms with Crippen LogP contribution in [0.3, 0.4) is 0 Å². The van der Waals surface area contributed by atoms with Gasteiger partial charge in [0.15, 0.2) is 0 Å². The molecule has 0 aliphatic rings. The maximum atomic E-state index is 9.71. The highest BCUT2D eigenvalue weighted by molar-refractivity contribution is 4.73. The first kappa shape index (κ1) is 14.9. The summed E-state index contributed by atoms with van der Waals surface area (Å²) in [6, 6.07) is 0. The summed E-state index contributed by atoms with van der Waals surface area (Å²) in [6.45, 7) is 8.83. The van der Waals surface area contributed by atoms with E-state index in [9.17, 15) is 5.11 Å². The molecule has 15 heavy (non-hydrogen) atoms. The molecule has 0 heterocycles. The molecule has 0 amide bonds. The summed E-state index contributed by atoms with van der Waals surface area (Å²) in [5.41, 5.74) is 4.78. The maximum absolute atomic E-state index is 9.71. The van der Waals surface area contributed by atoms with Crippen LogP contribution >= 0.6 is 0 Å². The van der Waals surface area contributed by atoms with Gasteiger partial charge in [-0.3, -0.25) is 0 Å². The molecule has 0 saturated carbocycles. The topological polar surface area (TPSA) is 49.5 Å². The third kappa shape index (κ3) is 8.85. The summed E-state index contributed by atoms with van der Waals surface area (Å²) in [6.07, 6.45) is 3.04. The highest BCUT2D eigenvalue weighted by Gasteiger charge is 2.17. The Bertz CT molecular complexity index is 158. The van der Waals surface area contributed by atoms with Gasteiger partial charge >= 0.3 is 0 Å². The summed E-state index contributed by atoms with van der Waals surface area (Å²) in [7, 11) is 2.14. The minimum Gasteiger partial charge on any atom is -0.389 e. The van der Waals surface area contributed by atoms with E-state index in [-0.39, 0.29) is 0 Å². The summed E-state index contributed by atoms with van der Waals surface area (Å²) in [4.78, 5) is 2.33. The third-order valence-corrected chi connectivity index (χ3v) is 2.78. The van der Waals surface area contributed by atoms with Crippen LogP contribution in [-0.4, -0.2) is 42.3 Å². The van der Waals surface area contributed by atoms with Crippen molar-refractivity contribution in [1.82, 2.24) is 4.90 Å². The second kappa shape index (κ2) is 7.20. The van der Waals surface area contributed by atoms with E-state index >= 15 is 0 Å². The number of hydrogen-bond acceptors (Lipinski definition) is 3. The van der Waals surface area contributed by atoms with Gasteiger partial charge in [0.2, 0.25) is 0 Å². The molecule has 0 rings (SSSR count). The van der Waals surface area contributed by atoms with Gasteiger partial charge in [0.25, 0.3) is 0 Å². The SMILES string of the molecule is CC(C)CCN(C)CCCC(C)(O)CN. The van der Waals surface area contributed by atoms with Crippen molar-refractivity contribution in [2.45, 2.75) is 45.6 Å². The van der Waals surface area contributed by atoms with E-state index in [1.54, 1.807) is 6.92 Å². The van der Waals surface area contributed by atoms with E-state index in [0.717, 1.165) is 31.8 Å². The van der Waals surface area contributed by atoms with Crippen LogP contribution in [0, 0.1) is 5.92 Å². The minimum atomic E-state index is -0.682. The number of rotatable bonds is 8. The summed E-state index contributed by atoms with van der Waals surface area (Å²) in [5.74, 6) is 0.764. The number of aliphatic hydroxyl groups is 1. The Labute approximate surface area is 94.6 Å². The smallest absolute Gasteiger partial charge is 0.0741 e. The predicted molar refractivity (Wildman–Crippen MR) is 65.9 cm³/mol. The second-order valence-corrected chi connectivity index (χ2v) is 5.29. The first-order chi connectivity index (χ1) is 6.87. The fraction of sp³-hybridized carbons (Fsp3) is 1.00. The van der Waals surface area contributed by atoms with E-state index in [4.69, 9.17) is 5.73 Å². The lowest BCUT2D eigenvalue weighted by molar-refractivity contribution is 0.0551. The zero-order valence-corrected chi connectivity index (χ0v) is 10.8. The Morgan fingerprint density at radius 1 is 1.33 bits per heavy atom. The van der Waals surface area contributed by atoms with Crippen molar-refractivity contribution in [2.24, 2.45) is 11.7 Å². The quantitative estimate of drug-likeness (QED) is 0.646. The molecular weight excluding hydrogens is 188 g/mol. The van der Waals surface area contributed by atoms with Crippen LogP contribution in [0.4, 0.5) is 0 Å². The van der Waals surface area contributed by atoms with Crippen LogP contribution in [-0.2, 0) is 0 Å². The Morgan fingerprint density at radius 3 is 2.40 bits per heavy atom. The van der Waals surface area contributed by atoms with Gasteiger partial charge in [0.05, 0.1) is 5.60 Å². The lowest BCUT2D eigenvalue weighted by Crippen LogP contribution is -2.35. The molecule has 0 saturated heterocycles. The van der Waals surface area contributed by atoms with Crippen molar-refractivity contribution >= 4 is 0 Å². The maximum Gasteiger partial charge on any atom is 0.0741 e. The lowest BCUT2D eigenvalue weighted by atomic mass is 10.0. The van der Waals surface area contributed by atoms with Crippen molar-refractivity contribution in [3.63, 3.8) is 0 Å². The average Bonchev–Trinajstić information content (AvgIpc) is 2.14. The molecule has 1 unspecified atom stereocenters. The van der Waals surface area contributed by atoms with E-state index in [1.807, 2.05) is 0 Å². The van der Waals surface area contributed by atoms with E-state index in [1.165, 1.54) is 6.42 Å². The summed E-state index contributed by atoms with van der Waals surface area (Å²) >= 11 is 0. The monoisotopic (exact) mass is 216 g/mol. The molecule has 3 N–H and O–H groups in total. The normalized spacial score (nSPS) is 16.0. The van der Waals surface area contributed by atoms with Gasteiger partial charge in [-0.2, -0.15) is 0 Å². The predicted octanol–water partition coefficient (Wildman–Crippen LogP) is 1.45. The summed E-state index contributed by atoms with van der Waals surface area (Å²) < 4.78 is 0. The minimum absolute atomic E-state index is 0.350. The van der Waals surface area contributed by atoms with Crippen LogP contribution in [0.1, 0.15) is 40.0 Å². The van der Waals surface area contributed by atoms with Gasteiger partial charge in [-0.05, 0) is 52.2 Å². The van der Waals surface area contributed by atoms with Crippen molar-refractivity contribution in [3.8, 4) is 0 Å². The number of nitrogens with zero attached hydrogens (tertiary/aromatic N) is 1. The van der Waals surface area contributed by atoms with E-state index < -0.39 is 5.60 Å². The first-order valence-corrected chi connectivity index (χ1v) is 5.98. The molecule has 3 heteroatoms. The number of nitrogens with two attached hydrogens (primary N) is 1. The highest BCUT2D eigenvalue weighted by Crippen LogP contribution is 2.10. The second-order valence-electron chi connectivity index (χ2n) is 5.29. The fourth-order valence-electron chi connectivity index (χ4n) is 1.42. The van der Waals surface area contributed by atoms with E-state index in [2.05, 4.69) is 25.8 Å². The zero-order valence-electron chi connectivity index (χ0n) is 10.8.